The molecule has 2 aliphatic rings. The van der Waals surface area contributed by atoms with Gasteiger partial charge in [-0.3, -0.25) is 9.59 Å². The molecule has 0 saturated carbocycles. The molecule has 2 amide bonds. The van der Waals surface area contributed by atoms with Crippen molar-refractivity contribution >= 4 is 40.6 Å². The van der Waals surface area contributed by atoms with Gasteiger partial charge in [0.2, 0.25) is 11.8 Å². The summed E-state index contributed by atoms with van der Waals surface area (Å²) < 4.78 is 0. The van der Waals surface area contributed by atoms with Gasteiger partial charge in [-0.15, -0.1) is 23.1 Å². The average Bonchev–Trinajstić information content (AvgIpc) is 3.24. The molecule has 2 aromatic carbocycles. The van der Waals surface area contributed by atoms with Crippen LogP contribution in [0.1, 0.15) is 22.0 Å². The molecule has 0 radical (unpaired) electrons. The lowest BCUT2D eigenvalue weighted by molar-refractivity contribution is -0.133. The second-order valence-corrected chi connectivity index (χ2v) is 9.20. The van der Waals surface area contributed by atoms with E-state index in [2.05, 4.69) is 23.6 Å². The first kappa shape index (κ1) is 18.5. The van der Waals surface area contributed by atoms with Crippen LogP contribution >= 0.6 is 23.1 Å². The lowest BCUT2D eigenvalue weighted by Gasteiger charge is -2.38. The van der Waals surface area contributed by atoms with E-state index in [1.807, 2.05) is 47.4 Å². The summed E-state index contributed by atoms with van der Waals surface area (Å²) in [5.41, 5.74) is 3.16. The minimum Gasteiger partial charge on any atom is -0.330 e. The Morgan fingerprint density at radius 1 is 1.03 bits per heavy atom. The molecule has 0 saturated heterocycles. The summed E-state index contributed by atoms with van der Waals surface area (Å²) in [5, 5.41) is 2.11. The Morgan fingerprint density at radius 3 is 2.69 bits per heavy atom. The van der Waals surface area contributed by atoms with Crippen LogP contribution in [0.2, 0.25) is 0 Å². The van der Waals surface area contributed by atoms with Crippen molar-refractivity contribution in [2.24, 2.45) is 0 Å². The number of para-hydroxylation sites is 1. The average molecular weight is 421 g/mol. The van der Waals surface area contributed by atoms with Crippen molar-refractivity contribution in [2.75, 3.05) is 23.7 Å². The number of benzene rings is 2. The van der Waals surface area contributed by atoms with Crippen molar-refractivity contribution in [3.05, 3.63) is 82.0 Å². The van der Waals surface area contributed by atoms with Crippen molar-refractivity contribution < 1.29 is 9.59 Å². The third kappa shape index (κ3) is 3.36. The van der Waals surface area contributed by atoms with Crippen LogP contribution in [0.5, 0.6) is 0 Å². The summed E-state index contributed by atoms with van der Waals surface area (Å²) in [4.78, 5) is 32.1. The fraction of sp³-hybridized carbons (Fsp3) is 0.217. The normalized spacial score (nSPS) is 18.3. The fourth-order valence-corrected chi connectivity index (χ4v) is 5.97. The van der Waals surface area contributed by atoms with Gasteiger partial charge in [0.05, 0.1) is 17.5 Å². The van der Waals surface area contributed by atoms with Crippen molar-refractivity contribution in [1.82, 2.24) is 4.90 Å². The van der Waals surface area contributed by atoms with Gasteiger partial charge < -0.3 is 9.80 Å². The van der Waals surface area contributed by atoms with E-state index < -0.39 is 0 Å². The predicted molar refractivity (Wildman–Crippen MR) is 118 cm³/mol. The van der Waals surface area contributed by atoms with Crippen molar-refractivity contribution in [3.8, 4) is 0 Å². The SMILES string of the molecule is O=C1CSc2ccccc2N1CC(=O)N1CCc2sccc2[C@H]1c1ccccc1. The van der Waals surface area contributed by atoms with E-state index >= 15 is 0 Å². The molecular formula is C23H20N2O2S2. The van der Waals surface area contributed by atoms with Crippen LogP contribution in [-0.2, 0) is 16.0 Å². The fourth-order valence-electron chi connectivity index (χ4n) is 4.13. The topological polar surface area (TPSA) is 40.6 Å². The molecule has 0 fully saturated rings. The molecule has 2 aliphatic heterocycles. The van der Waals surface area contributed by atoms with Crippen LogP contribution in [-0.4, -0.2) is 35.6 Å². The van der Waals surface area contributed by atoms with Gasteiger partial charge in [0, 0.05) is 16.3 Å². The number of amides is 2. The second-order valence-electron chi connectivity index (χ2n) is 7.19. The van der Waals surface area contributed by atoms with Crippen LogP contribution < -0.4 is 4.90 Å². The highest BCUT2D eigenvalue weighted by atomic mass is 32.2. The van der Waals surface area contributed by atoms with Crippen molar-refractivity contribution in [2.45, 2.75) is 17.4 Å². The monoisotopic (exact) mass is 420 g/mol. The first-order valence-electron chi connectivity index (χ1n) is 9.65. The highest BCUT2D eigenvalue weighted by Gasteiger charge is 2.35. The summed E-state index contributed by atoms with van der Waals surface area (Å²) in [6.07, 6.45) is 0.864. The molecule has 29 heavy (non-hydrogen) atoms. The Morgan fingerprint density at radius 2 is 1.83 bits per heavy atom. The summed E-state index contributed by atoms with van der Waals surface area (Å²) in [7, 11) is 0. The molecule has 0 aliphatic carbocycles. The first-order valence-corrected chi connectivity index (χ1v) is 11.5. The lowest BCUT2D eigenvalue weighted by Crippen LogP contribution is -2.48. The van der Waals surface area contributed by atoms with Crippen molar-refractivity contribution in [1.29, 1.82) is 0 Å². The number of carbonyl (C=O) groups is 2. The van der Waals surface area contributed by atoms with Gasteiger partial charge in [-0.25, -0.2) is 0 Å². The second kappa shape index (κ2) is 7.69. The predicted octanol–water partition coefficient (Wildman–Crippen LogP) is 4.36. The largest absolute Gasteiger partial charge is 0.330 e. The summed E-state index contributed by atoms with van der Waals surface area (Å²) in [5.74, 6) is 0.360. The molecule has 3 aromatic rings. The Balaban J connectivity index is 1.47. The molecule has 0 unspecified atom stereocenters. The number of hydrogen-bond donors (Lipinski definition) is 0. The van der Waals surface area contributed by atoms with E-state index in [0.29, 0.717) is 12.3 Å². The Kier molecular flexibility index (Phi) is 4.89. The Labute approximate surface area is 178 Å². The number of thiophene rings is 1. The zero-order valence-electron chi connectivity index (χ0n) is 15.8. The molecule has 146 valence electrons. The van der Waals surface area contributed by atoms with Gasteiger partial charge in [-0.05, 0) is 41.1 Å². The number of carbonyl (C=O) groups excluding carboxylic acids is 2. The third-order valence-corrected chi connectivity index (χ3v) is 7.55. The molecule has 3 heterocycles. The summed E-state index contributed by atoms with van der Waals surface area (Å²) >= 11 is 3.30. The van der Waals surface area contributed by atoms with Crippen LogP contribution in [0.15, 0.2) is 70.9 Å². The van der Waals surface area contributed by atoms with Crippen LogP contribution in [0.4, 0.5) is 5.69 Å². The number of thioether (sulfide) groups is 1. The Hall–Kier alpha value is -2.57. The Bertz CT molecular complexity index is 1060. The number of hydrogen-bond acceptors (Lipinski definition) is 4. The molecule has 4 nitrogen and oxygen atoms in total. The van der Waals surface area contributed by atoms with Gasteiger partial charge in [0.15, 0.2) is 0 Å². The maximum Gasteiger partial charge on any atom is 0.243 e. The molecule has 5 rings (SSSR count). The molecular weight excluding hydrogens is 400 g/mol. The highest BCUT2D eigenvalue weighted by Crippen LogP contribution is 2.39. The highest BCUT2D eigenvalue weighted by molar-refractivity contribution is 8.00. The van der Waals surface area contributed by atoms with Crippen LogP contribution in [0, 0.1) is 0 Å². The number of rotatable bonds is 3. The molecule has 1 aromatic heterocycles. The number of fused-ring (bicyclic) bond motifs is 2. The number of anilines is 1. The van der Waals surface area contributed by atoms with Gasteiger partial charge in [-0.1, -0.05) is 42.5 Å². The van der Waals surface area contributed by atoms with E-state index in [0.717, 1.165) is 22.6 Å². The summed E-state index contributed by atoms with van der Waals surface area (Å²) in [6.45, 7) is 0.754. The smallest absolute Gasteiger partial charge is 0.243 e. The van der Waals surface area contributed by atoms with Crippen molar-refractivity contribution in [3.63, 3.8) is 0 Å². The maximum atomic E-state index is 13.5. The molecule has 0 N–H and O–H groups in total. The van der Waals surface area contributed by atoms with Gasteiger partial charge >= 0.3 is 0 Å². The minimum absolute atomic E-state index is 0.00783. The number of nitrogens with zero attached hydrogens (tertiary/aromatic N) is 2. The summed E-state index contributed by atoms with van der Waals surface area (Å²) in [6, 6.07) is 20.0. The third-order valence-electron chi connectivity index (χ3n) is 5.50. The standard InChI is InChI=1S/C23H20N2O2S2/c26-21(14-25-18-8-4-5-9-20(18)29-15-22(25)27)24-12-10-19-17(11-13-28-19)23(24)16-6-2-1-3-7-16/h1-9,11,13,23H,10,12,14-15H2/t23-/m1/s1. The maximum absolute atomic E-state index is 13.5. The quantitative estimate of drug-likeness (QED) is 0.632. The van der Waals surface area contributed by atoms with E-state index in [-0.39, 0.29) is 24.4 Å². The van der Waals surface area contributed by atoms with Gasteiger partial charge in [0.25, 0.3) is 0 Å². The zero-order valence-corrected chi connectivity index (χ0v) is 17.4. The zero-order chi connectivity index (χ0) is 19.8. The van der Waals surface area contributed by atoms with Gasteiger partial charge in [0.1, 0.15) is 6.54 Å². The van der Waals surface area contributed by atoms with E-state index in [1.54, 1.807) is 16.2 Å². The molecule has 0 bridgehead atoms. The molecule has 1 atom stereocenters. The minimum atomic E-state index is -0.0942. The first-order chi connectivity index (χ1) is 14.2. The van der Waals surface area contributed by atoms with E-state index in [4.69, 9.17) is 0 Å². The van der Waals surface area contributed by atoms with E-state index in [9.17, 15) is 9.59 Å². The van der Waals surface area contributed by atoms with E-state index in [1.165, 1.54) is 22.2 Å². The lowest BCUT2D eigenvalue weighted by atomic mass is 9.93. The van der Waals surface area contributed by atoms with Gasteiger partial charge in [-0.2, -0.15) is 0 Å². The molecule has 6 heteroatoms. The molecule has 0 spiro atoms. The van der Waals surface area contributed by atoms with Crippen LogP contribution in [0.25, 0.3) is 0 Å². The van der Waals surface area contributed by atoms with Crippen LogP contribution in [0.3, 0.4) is 0 Å².